The number of aromatic nitrogens is 2. The minimum Gasteiger partial charge on any atom is -0.324 e. The van der Waals surface area contributed by atoms with Gasteiger partial charge in [0.2, 0.25) is 5.91 Å². The molecule has 3 aliphatic rings. The van der Waals surface area contributed by atoms with Crippen molar-refractivity contribution in [3.63, 3.8) is 0 Å². The number of carbonyl (C=O) groups excluding carboxylic acids is 1. The molecule has 0 saturated heterocycles. The van der Waals surface area contributed by atoms with Crippen molar-refractivity contribution in [1.82, 2.24) is 9.97 Å². The second-order valence-corrected chi connectivity index (χ2v) is 9.52. The van der Waals surface area contributed by atoms with Crippen molar-refractivity contribution in [1.29, 1.82) is 0 Å². The fourth-order valence-electron chi connectivity index (χ4n) is 5.49. The number of hydrogen-bond acceptors (Lipinski definition) is 3. The van der Waals surface area contributed by atoms with Crippen LogP contribution in [0.5, 0.6) is 0 Å². The number of carbonyl (C=O) groups is 1. The number of rotatable bonds is 5. The minimum atomic E-state index is -4.38. The molecule has 180 valence electrons. The standard InChI is InChI=1S/C28H26F3N3O/c1-17(19-5-2-4-18(10-19)11-24-8-7-23(15-33-24)28(29,30)31)26-20-12-21(26)14-22(13-20)27(35)34-25-6-3-9-32-16-25/h2-10,15-16,20-22H,11-14H2,1H3,(H,34,35). The largest absolute Gasteiger partial charge is 0.417 e. The quantitative estimate of drug-likeness (QED) is 0.454. The summed E-state index contributed by atoms with van der Waals surface area (Å²) < 4.78 is 38.4. The first-order valence-corrected chi connectivity index (χ1v) is 11.8. The monoisotopic (exact) mass is 477 g/mol. The molecule has 2 aromatic heterocycles. The Morgan fingerprint density at radius 2 is 1.83 bits per heavy atom. The number of nitrogens with zero attached hydrogens (tertiary/aromatic N) is 2. The van der Waals surface area contributed by atoms with Crippen molar-refractivity contribution in [2.75, 3.05) is 5.32 Å². The first kappa shape index (κ1) is 23.3. The summed E-state index contributed by atoms with van der Waals surface area (Å²) in [5.74, 6) is 0.903. The van der Waals surface area contributed by atoms with Crippen molar-refractivity contribution >= 4 is 17.2 Å². The Morgan fingerprint density at radius 3 is 2.49 bits per heavy atom. The van der Waals surface area contributed by atoms with Crippen molar-refractivity contribution < 1.29 is 18.0 Å². The molecule has 6 rings (SSSR count). The SMILES string of the molecule is CC(=C1C2CC(C(=O)Nc3cccnc3)CC1C2)c1cccc(Cc2ccc(C(F)(F)F)cn2)c1. The summed E-state index contributed by atoms with van der Waals surface area (Å²) in [6.45, 7) is 2.14. The number of amides is 1. The Kier molecular flexibility index (Phi) is 6.17. The third-order valence-electron chi connectivity index (χ3n) is 7.22. The van der Waals surface area contributed by atoms with Gasteiger partial charge in [0.1, 0.15) is 0 Å². The Balaban J connectivity index is 1.27. The zero-order valence-corrected chi connectivity index (χ0v) is 19.3. The lowest BCUT2D eigenvalue weighted by Crippen LogP contribution is -2.41. The number of anilines is 1. The van der Waals surface area contributed by atoms with Crippen LogP contribution < -0.4 is 5.32 Å². The molecular formula is C28H26F3N3O. The molecule has 0 radical (unpaired) electrons. The fraction of sp³-hybridized carbons (Fsp3) is 0.321. The van der Waals surface area contributed by atoms with Gasteiger partial charge in [0.05, 0.1) is 17.4 Å². The van der Waals surface area contributed by atoms with Crippen LogP contribution in [0.2, 0.25) is 0 Å². The summed E-state index contributed by atoms with van der Waals surface area (Å²) in [5.41, 5.74) is 5.41. The lowest BCUT2D eigenvalue weighted by Gasteiger charge is -2.48. The van der Waals surface area contributed by atoms with Crippen LogP contribution in [0.25, 0.3) is 5.57 Å². The summed E-state index contributed by atoms with van der Waals surface area (Å²) >= 11 is 0. The van der Waals surface area contributed by atoms with E-state index in [1.807, 2.05) is 18.2 Å². The van der Waals surface area contributed by atoms with E-state index < -0.39 is 11.7 Å². The molecule has 1 N–H and O–H groups in total. The number of halogens is 3. The van der Waals surface area contributed by atoms with Crippen LogP contribution in [0.4, 0.5) is 18.9 Å². The van der Waals surface area contributed by atoms with Crippen molar-refractivity contribution in [2.24, 2.45) is 17.8 Å². The van der Waals surface area contributed by atoms with E-state index in [0.29, 0.717) is 24.0 Å². The van der Waals surface area contributed by atoms with Gasteiger partial charge < -0.3 is 5.32 Å². The fourth-order valence-corrected chi connectivity index (χ4v) is 5.49. The van der Waals surface area contributed by atoms with E-state index in [-0.39, 0.29) is 11.8 Å². The Morgan fingerprint density at radius 1 is 1.03 bits per heavy atom. The maximum Gasteiger partial charge on any atom is 0.417 e. The Hall–Kier alpha value is -3.48. The third kappa shape index (κ3) is 4.99. The summed E-state index contributed by atoms with van der Waals surface area (Å²) in [5, 5.41) is 2.98. The van der Waals surface area contributed by atoms with Gasteiger partial charge in [0.15, 0.2) is 0 Å². The molecule has 3 saturated carbocycles. The molecule has 3 aromatic rings. The molecule has 1 amide bonds. The summed E-state index contributed by atoms with van der Waals surface area (Å²) in [4.78, 5) is 20.8. The molecule has 2 heterocycles. The highest BCUT2D eigenvalue weighted by molar-refractivity contribution is 5.92. The molecule has 3 fully saturated rings. The maximum atomic E-state index is 12.8. The van der Waals surface area contributed by atoms with Crippen molar-refractivity contribution in [3.8, 4) is 0 Å². The predicted molar refractivity (Wildman–Crippen MR) is 128 cm³/mol. The summed E-state index contributed by atoms with van der Waals surface area (Å²) in [6, 6.07) is 14.3. The van der Waals surface area contributed by atoms with Gasteiger partial charge in [-0.1, -0.05) is 29.8 Å². The van der Waals surface area contributed by atoms with Gasteiger partial charge in [0, 0.05) is 30.4 Å². The molecule has 4 nitrogen and oxygen atoms in total. The van der Waals surface area contributed by atoms with Gasteiger partial charge in [-0.25, -0.2) is 0 Å². The summed E-state index contributed by atoms with van der Waals surface area (Å²) in [7, 11) is 0. The Labute approximate surface area is 202 Å². The number of hydrogen-bond donors (Lipinski definition) is 1. The highest BCUT2D eigenvalue weighted by atomic mass is 19.4. The van der Waals surface area contributed by atoms with Crippen LogP contribution in [-0.2, 0) is 17.4 Å². The number of pyridine rings is 2. The second kappa shape index (κ2) is 9.29. The van der Waals surface area contributed by atoms with E-state index in [1.165, 1.54) is 17.2 Å². The molecule has 2 unspecified atom stereocenters. The zero-order valence-electron chi connectivity index (χ0n) is 19.3. The molecule has 1 aromatic carbocycles. The number of benzene rings is 1. The van der Waals surface area contributed by atoms with E-state index >= 15 is 0 Å². The van der Waals surface area contributed by atoms with E-state index in [9.17, 15) is 18.0 Å². The minimum absolute atomic E-state index is 0.00702. The van der Waals surface area contributed by atoms with Crippen LogP contribution in [0.1, 0.15) is 48.6 Å². The van der Waals surface area contributed by atoms with E-state index in [1.54, 1.807) is 18.5 Å². The zero-order chi connectivity index (χ0) is 24.6. The lowest BCUT2D eigenvalue weighted by atomic mass is 9.56. The number of nitrogens with one attached hydrogen (secondary N) is 1. The maximum absolute atomic E-state index is 12.8. The van der Waals surface area contributed by atoms with Crippen molar-refractivity contribution in [3.05, 3.63) is 95.1 Å². The second-order valence-electron chi connectivity index (χ2n) is 9.52. The van der Waals surface area contributed by atoms with Gasteiger partial charge in [-0.2, -0.15) is 13.2 Å². The topological polar surface area (TPSA) is 54.9 Å². The van der Waals surface area contributed by atoms with Gasteiger partial charge >= 0.3 is 6.18 Å². The smallest absolute Gasteiger partial charge is 0.324 e. The molecule has 3 aliphatic carbocycles. The van der Waals surface area contributed by atoms with Crippen LogP contribution in [0.3, 0.4) is 0 Å². The predicted octanol–water partition coefficient (Wildman–Crippen LogP) is 6.54. The molecule has 0 aliphatic heterocycles. The average molecular weight is 478 g/mol. The van der Waals surface area contributed by atoms with Crippen molar-refractivity contribution in [2.45, 2.75) is 38.8 Å². The first-order chi connectivity index (χ1) is 16.8. The van der Waals surface area contributed by atoms with E-state index in [0.717, 1.165) is 48.3 Å². The molecule has 35 heavy (non-hydrogen) atoms. The van der Waals surface area contributed by atoms with Crippen LogP contribution in [0.15, 0.2) is 72.7 Å². The molecule has 2 atom stereocenters. The highest BCUT2D eigenvalue weighted by Crippen LogP contribution is 2.55. The van der Waals surface area contributed by atoms with Gasteiger partial charge in [-0.05, 0) is 79.0 Å². The van der Waals surface area contributed by atoms with E-state index in [4.69, 9.17) is 0 Å². The van der Waals surface area contributed by atoms with Gasteiger partial charge in [0.25, 0.3) is 0 Å². The molecule has 0 spiro atoms. The normalized spacial score (nSPS) is 21.3. The van der Waals surface area contributed by atoms with Crippen LogP contribution >= 0.6 is 0 Å². The van der Waals surface area contributed by atoms with Crippen LogP contribution in [0, 0.1) is 17.8 Å². The van der Waals surface area contributed by atoms with Gasteiger partial charge in [-0.15, -0.1) is 0 Å². The Bertz CT molecular complexity index is 1240. The highest BCUT2D eigenvalue weighted by Gasteiger charge is 2.45. The molecular weight excluding hydrogens is 451 g/mol. The number of alkyl halides is 3. The lowest BCUT2D eigenvalue weighted by molar-refractivity contribution is -0.137. The van der Waals surface area contributed by atoms with Gasteiger partial charge in [-0.3, -0.25) is 14.8 Å². The van der Waals surface area contributed by atoms with E-state index in [2.05, 4.69) is 34.3 Å². The van der Waals surface area contributed by atoms with Crippen LogP contribution in [-0.4, -0.2) is 15.9 Å². The first-order valence-electron chi connectivity index (χ1n) is 11.8. The third-order valence-corrected chi connectivity index (χ3v) is 7.22. The molecule has 2 bridgehead atoms. The molecule has 7 heteroatoms. The average Bonchev–Trinajstić information content (AvgIpc) is 2.84. The number of allylic oxidation sites excluding steroid dienone is 2. The number of fused-ring (bicyclic) bond motifs is 2. The summed E-state index contributed by atoms with van der Waals surface area (Å²) in [6.07, 6.45) is 3.15.